The van der Waals surface area contributed by atoms with Crippen LogP contribution in [0.15, 0.2) is 54.6 Å². The van der Waals surface area contributed by atoms with E-state index in [-0.39, 0.29) is 5.75 Å². The Morgan fingerprint density at radius 2 is 1.53 bits per heavy atom. The van der Waals surface area contributed by atoms with E-state index in [2.05, 4.69) is 4.72 Å². The van der Waals surface area contributed by atoms with Crippen LogP contribution in [0.4, 0.5) is 5.69 Å². The van der Waals surface area contributed by atoms with Gasteiger partial charge < -0.3 is 4.74 Å². The molecule has 0 fully saturated rings. The summed E-state index contributed by atoms with van der Waals surface area (Å²) >= 11 is 0. The molecule has 2 aromatic carbocycles. The summed E-state index contributed by atoms with van der Waals surface area (Å²) in [6.07, 6.45) is 0. The standard InChI is InChI=1S/C14H15NO3S/c1-2-19(16,17)15-12-8-10-14(11-9-12)18-13-6-4-3-5-7-13/h3-11,15H,2H2,1H3. The number of benzene rings is 2. The predicted molar refractivity (Wildman–Crippen MR) is 76.0 cm³/mol. The molecular weight excluding hydrogens is 262 g/mol. The van der Waals surface area contributed by atoms with Gasteiger partial charge in [-0.05, 0) is 43.3 Å². The van der Waals surface area contributed by atoms with Crippen molar-refractivity contribution in [3.63, 3.8) is 0 Å². The van der Waals surface area contributed by atoms with Gasteiger partial charge in [-0.15, -0.1) is 0 Å². The Balaban J connectivity index is 2.07. The van der Waals surface area contributed by atoms with Crippen LogP contribution in [-0.4, -0.2) is 14.2 Å². The van der Waals surface area contributed by atoms with Gasteiger partial charge in [0.25, 0.3) is 0 Å². The van der Waals surface area contributed by atoms with E-state index in [9.17, 15) is 8.42 Å². The molecule has 0 aliphatic heterocycles. The quantitative estimate of drug-likeness (QED) is 0.912. The first kappa shape index (κ1) is 13.4. The maximum absolute atomic E-state index is 11.4. The van der Waals surface area contributed by atoms with Gasteiger partial charge in [0.2, 0.25) is 10.0 Å². The van der Waals surface area contributed by atoms with Crippen molar-refractivity contribution in [3.05, 3.63) is 54.6 Å². The van der Waals surface area contributed by atoms with Crippen LogP contribution >= 0.6 is 0 Å². The number of para-hydroxylation sites is 1. The monoisotopic (exact) mass is 277 g/mol. The maximum atomic E-state index is 11.4. The number of rotatable bonds is 5. The summed E-state index contributed by atoms with van der Waals surface area (Å²) < 4.78 is 30.9. The molecule has 0 saturated heterocycles. The molecule has 0 aromatic heterocycles. The highest BCUT2D eigenvalue weighted by Crippen LogP contribution is 2.22. The number of hydrogen-bond donors (Lipinski definition) is 1. The second-order valence-corrected chi connectivity index (χ2v) is 5.96. The normalized spacial score (nSPS) is 11.0. The summed E-state index contributed by atoms with van der Waals surface area (Å²) in [6.45, 7) is 1.59. The zero-order chi connectivity index (χ0) is 13.7. The average molecular weight is 277 g/mol. The van der Waals surface area contributed by atoms with E-state index >= 15 is 0 Å². The third kappa shape index (κ3) is 3.99. The van der Waals surface area contributed by atoms with Crippen molar-refractivity contribution in [3.8, 4) is 11.5 Å². The Bertz CT molecular complexity index is 622. The highest BCUT2D eigenvalue weighted by molar-refractivity contribution is 7.92. The Morgan fingerprint density at radius 1 is 0.947 bits per heavy atom. The molecule has 0 bridgehead atoms. The highest BCUT2D eigenvalue weighted by Gasteiger charge is 2.06. The molecule has 5 heteroatoms. The lowest BCUT2D eigenvalue weighted by Crippen LogP contribution is -2.14. The summed E-state index contributed by atoms with van der Waals surface area (Å²) in [6, 6.07) is 16.2. The summed E-state index contributed by atoms with van der Waals surface area (Å²) in [5.41, 5.74) is 0.530. The van der Waals surface area contributed by atoms with Crippen molar-refractivity contribution in [2.24, 2.45) is 0 Å². The SMILES string of the molecule is CCS(=O)(=O)Nc1ccc(Oc2ccccc2)cc1. The van der Waals surface area contributed by atoms with Crippen molar-refractivity contribution in [1.82, 2.24) is 0 Å². The van der Waals surface area contributed by atoms with Crippen LogP contribution in [-0.2, 0) is 10.0 Å². The molecule has 0 amide bonds. The lowest BCUT2D eigenvalue weighted by atomic mass is 10.3. The van der Waals surface area contributed by atoms with Gasteiger partial charge in [0.05, 0.1) is 5.75 Å². The van der Waals surface area contributed by atoms with Crippen LogP contribution in [0, 0.1) is 0 Å². The second kappa shape index (κ2) is 5.75. The fourth-order valence-corrected chi connectivity index (χ4v) is 2.11. The third-order valence-corrected chi connectivity index (χ3v) is 3.79. The first-order valence-electron chi connectivity index (χ1n) is 5.92. The Hall–Kier alpha value is -2.01. The first-order chi connectivity index (χ1) is 9.09. The van der Waals surface area contributed by atoms with Gasteiger partial charge in [-0.3, -0.25) is 4.72 Å². The molecule has 1 N–H and O–H groups in total. The Morgan fingerprint density at radius 3 is 2.11 bits per heavy atom. The first-order valence-corrected chi connectivity index (χ1v) is 7.58. The van der Waals surface area contributed by atoms with Crippen LogP contribution in [0.25, 0.3) is 0 Å². The van der Waals surface area contributed by atoms with Gasteiger partial charge >= 0.3 is 0 Å². The van der Waals surface area contributed by atoms with Gasteiger partial charge in [-0.25, -0.2) is 8.42 Å². The topological polar surface area (TPSA) is 55.4 Å². The smallest absolute Gasteiger partial charge is 0.232 e. The number of anilines is 1. The fraction of sp³-hybridized carbons (Fsp3) is 0.143. The molecule has 0 radical (unpaired) electrons. The van der Waals surface area contributed by atoms with Crippen LogP contribution in [0.5, 0.6) is 11.5 Å². The Labute approximate surface area is 113 Å². The zero-order valence-electron chi connectivity index (χ0n) is 10.5. The Kier molecular flexibility index (Phi) is 4.06. The van der Waals surface area contributed by atoms with Crippen molar-refractivity contribution in [1.29, 1.82) is 0 Å². The molecule has 2 aromatic rings. The third-order valence-electron chi connectivity index (χ3n) is 2.49. The van der Waals surface area contributed by atoms with E-state index in [1.807, 2.05) is 30.3 Å². The number of nitrogens with one attached hydrogen (secondary N) is 1. The molecule has 100 valence electrons. The maximum Gasteiger partial charge on any atom is 0.232 e. The molecule has 19 heavy (non-hydrogen) atoms. The minimum atomic E-state index is -3.24. The van der Waals surface area contributed by atoms with E-state index in [4.69, 9.17) is 4.74 Å². The summed E-state index contributed by atoms with van der Waals surface area (Å²) in [5, 5.41) is 0. The molecule has 0 aliphatic rings. The summed E-state index contributed by atoms with van der Waals surface area (Å²) in [5.74, 6) is 1.45. The lowest BCUT2D eigenvalue weighted by Gasteiger charge is -2.08. The van der Waals surface area contributed by atoms with E-state index < -0.39 is 10.0 Å². The average Bonchev–Trinajstić information content (AvgIpc) is 2.42. The molecule has 0 aliphatic carbocycles. The molecule has 0 heterocycles. The van der Waals surface area contributed by atoms with Gasteiger partial charge in [0.1, 0.15) is 11.5 Å². The van der Waals surface area contributed by atoms with Crippen molar-refractivity contribution in [2.75, 3.05) is 10.5 Å². The van der Waals surface area contributed by atoms with Crippen molar-refractivity contribution >= 4 is 15.7 Å². The van der Waals surface area contributed by atoms with Crippen LogP contribution < -0.4 is 9.46 Å². The van der Waals surface area contributed by atoms with Gasteiger partial charge in [-0.1, -0.05) is 18.2 Å². The van der Waals surface area contributed by atoms with Crippen LogP contribution in [0.3, 0.4) is 0 Å². The van der Waals surface area contributed by atoms with E-state index in [0.29, 0.717) is 11.4 Å². The van der Waals surface area contributed by atoms with Crippen molar-refractivity contribution in [2.45, 2.75) is 6.92 Å². The zero-order valence-corrected chi connectivity index (χ0v) is 11.4. The number of ether oxygens (including phenoxy) is 1. The van der Waals surface area contributed by atoms with E-state index in [1.54, 1.807) is 31.2 Å². The molecule has 0 spiro atoms. The van der Waals surface area contributed by atoms with Crippen LogP contribution in [0.1, 0.15) is 6.92 Å². The summed E-state index contributed by atoms with van der Waals surface area (Å²) in [7, 11) is -3.24. The van der Waals surface area contributed by atoms with E-state index in [1.165, 1.54) is 0 Å². The molecule has 0 unspecified atom stereocenters. The lowest BCUT2D eigenvalue weighted by molar-refractivity contribution is 0.483. The van der Waals surface area contributed by atoms with Gasteiger partial charge in [0.15, 0.2) is 0 Å². The largest absolute Gasteiger partial charge is 0.457 e. The minimum absolute atomic E-state index is 0.0509. The van der Waals surface area contributed by atoms with Crippen molar-refractivity contribution < 1.29 is 13.2 Å². The molecule has 0 saturated carbocycles. The molecule has 0 atom stereocenters. The predicted octanol–water partition coefficient (Wildman–Crippen LogP) is 3.24. The summed E-state index contributed by atoms with van der Waals surface area (Å²) in [4.78, 5) is 0. The minimum Gasteiger partial charge on any atom is -0.457 e. The highest BCUT2D eigenvalue weighted by atomic mass is 32.2. The van der Waals surface area contributed by atoms with Gasteiger partial charge in [0, 0.05) is 5.69 Å². The molecular formula is C14H15NO3S. The van der Waals surface area contributed by atoms with Crippen LogP contribution in [0.2, 0.25) is 0 Å². The van der Waals surface area contributed by atoms with E-state index in [0.717, 1.165) is 5.75 Å². The second-order valence-electron chi connectivity index (χ2n) is 3.94. The molecule has 4 nitrogen and oxygen atoms in total. The number of sulfonamides is 1. The van der Waals surface area contributed by atoms with Gasteiger partial charge in [-0.2, -0.15) is 0 Å². The molecule has 2 rings (SSSR count). The fourth-order valence-electron chi connectivity index (χ4n) is 1.47. The number of hydrogen-bond acceptors (Lipinski definition) is 3.